The van der Waals surface area contributed by atoms with Crippen molar-refractivity contribution in [1.82, 2.24) is 15.1 Å². The number of carbonyl (C=O) groups excluding carboxylic acids is 1. The molecule has 1 N–H and O–H groups in total. The van der Waals surface area contributed by atoms with E-state index in [4.69, 9.17) is 0 Å². The van der Waals surface area contributed by atoms with Gasteiger partial charge in [-0.15, -0.1) is 0 Å². The molecule has 0 bridgehead atoms. The van der Waals surface area contributed by atoms with Crippen molar-refractivity contribution in [1.29, 1.82) is 0 Å². The van der Waals surface area contributed by atoms with E-state index in [1.54, 1.807) is 0 Å². The average Bonchev–Trinajstić information content (AvgIpc) is 2.91. The number of carbonyl (C=O) groups is 1. The summed E-state index contributed by atoms with van der Waals surface area (Å²) in [6.07, 6.45) is 1.13. The monoisotopic (exact) mass is 425 g/mol. The van der Waals surface area contributed by atoms with E-state index in [2.05, 4.69) is 26.3 Å². The minimum absolute atomic E-state index is 0.0365. The molecule has 2 aromatic carbocycles. The van der Waals surface area contributed by atoms with E-state index in [0.29, 0.717) is 12.8 Å². The summed E-state index contributed by atoms with van der Waals surface area (Å²) in [7, 11) is 1.94. The maximum Gasteiger partial charge on any atom is 0.221 e. The standard InChI is InChI=1S/C22H24BrN3O/c1-15-20(16(2)26(3)25-15)13-14-21(27)24-22(17-7-5-4-6-8-17)18-9-11-19(23)12-10-18/h4-12,22H,13-14H2,1-3H3,(H,24,27)/t22-/m1/s1. The Balaban J connectivity index is 1.75. The van der Waals surface area contributed by atoms with Crippen molar-refractivity contribution in [2.75, 3.05) is 0 Å². The molecule has 1 aromatic heterocycles. The predicted molar refractivity (Wildman–Crippen MR) is 112 cm³/mol. The summed E-state index contributed by atoms with van der Waals surface area (Å²) in [6, 6.07) is 18.0. The molecule has 1 heterocycles. The van der Waals surface area contributed by atoms with Crippen LogP contribution in [0.25, 0.3) is 0 Å². The lowest BCUT2D eigenvalue weighted by molar-refractivity contribution is -0.121. The van der Waals surface area contributed by atoms with Crippen molar-refractivity contribution in [2.45, 2.75) is 32.7 Å². The highest BCUT2D eigenvalue weighted by atomic mass is 79.9. The molecule has 3 rings (SSSR count). The molecule has 0 saturated heterocycles. The maximum absolute atomic E-state index is 12.7. The highest BCUT2D eigenvalue weighted by Crippen LogP contribution is 2.24. The highest BCUT2D eigenvalue weighted by molar-refractivity contribution is 9.10. The van der Waals surface area contributed by atoms with E-state index >= 15 is 0 Å². The van der Waals surface area contributed by atoms with E-state index in [1.165, 1.54) is 0 Å². The van der Waals surface area contributed by atoms with Gasteiger partial charge >= 0.3 is 0 Å². The fourth-order valence-electron chi connectivity index (χ4n) is 3.31. The second kappa shape index (κ2) is 8.53. The van der Waals surface area contributed by atoms with Gasteiger partial charge < -0.3 is 5.32 Å². The number of benzene rings is 2. The van der Waals surface area contributed by atoms with Crippen LogP contribution < -0.4 is 5.32 Å². The zero-order valence-corrected chi connectivity index (χ0v) is 17.5. The molecule has 0 spiro atoms. The Kier molecular flexibility index (Phi) is 6.11. The van der Waals surface area contributed by atoms with Gasteiger partial charge in [0.1, 0.15) is 0 Å². The van der Waals surface area contributed by atoms with Gasteiger partial charge in [-0.05, 0) is 49.1 Å². The van der Waals surface area contributed by atoms with E-state index < -0.39 is 0 Å². The normalized spacial score (nSPS) is 12.0. The zero-order chi connectivity index (χ0) is 19.4. The first-order chi connectivity index (χ1) is 13.0. The van der Waals surface area contributed by atoms with Crippen LogP contribution in [0.2, 0.25) is 0 Å². The smallest absolute Gasteiger partial charge is 0.221 e. The third-order valence-electron chi connectivity index (χ3n) is 4.90. The molecule has 140 valence electrons. The first kappa shape index (κ1) is 19.4. The van der Waals surface area contributed by atoms with Crippen LogP contribution in [0.5, 0.6) is 0 Å². The van der Waals surface area contributed by atoms with Crippen molar-refractivity contribution >= 4 is 21.8 Å². The van der Waals surface area contributed by atoms with Gasteiger partial charge in [0, 0.05) is 23.6 Å². The van der Waals surface area contributed by atoms with Gasteiger partial charge in [-0.2, -0.15) is 5.10 Å². The van der Waals surface area contributed by atoms with Crippen LogP contribution in [-0.2, 0) is 18.3 Å². The Morgan fingerprint density at radius 1 is 1.07 bits per heavy atom. The summed E-state index contributed by atoms with van der Waals surface area (Å²) in [6.45, 7) is 4.04. The Labute approximate surface area is 168 Å². The molecule has 0 unspecified atom stereocenters. The van der Waals surface area contributed by atoms with Crippen LogP contribution in [0.1, 0.15) is 40.5 Å². The van der Waals surface area contributed by atoms with Crippen LogP contribution in [-0.4, -0.2) is 15.7 Å². The Morgan fingerprint density at radius 3 is 2.30 bits per heavy atom. The quantitative estimate of drug-likeness (QED) is 0.625. The van der Waals surface area contributed by atoms with Crippen LogP contribution in [0.15, 0.2) is 59.1 Å². The third kappa shape index (κ3) is 4.66. The summed E-state index contributed by atoms with van der Waals surface area (Å²) >= 11 is 3.47. The van der Waals surface area contributed by atoms with E-state index in [-0.39, 0.29) is 11.9 Å². The molecule has 1 atom stereocenters. The molecule has 0 saturated carbocycles. The fraction of sp³-hybridized carbons (Fsp3) is 0.273. The summed E-state index contributed by atoms with van der Waals surface area (Å²) in [5, 5.41) is 7.64. The van der Waals surface area contributed by atoms with Crippen LogP contribution in [0.3, 0.4) is 0 Å². The molecule has 1 amide bonds. The Bertz CT molecular complexity index is 917. The van der Waals surface area contributed by atoms with E-state index in [0.717, 1.165) is 32.6 Å². The maximum atomic E-state index is 12.7. The molecular weight excluding hydrogens is 402 g/mol. The molecule has 3 aromatic rings. The molecule has 0 radical (unpaired) electrons. The number of nitrogens with one attached hydrogen (secondary N) is 1. The van der Waals surface area contributed by atoms with Gasteiger partial charge in [0.25, 0.3) is 0 Å². The number of aromatic nitrogens is 2. The number of hydrogen-bond acceptors (Lipinski definition) is 2. The van der Waals surface area contributed by atoms with E-state index in [1.807, 2.05) is 80.2 Å². The number of aryl methyl sites for hydroxylation is 2. The molecule has 5 heteroatoms. The van der Waals surface area contributed by atoms with Crippen molar-refractivity contribution in [3.8, 4) is 0 Å². The summed E-state index contributed by atoms with van der Waals surface area (Å²) in [5.74, 6) is 0.0365. The summed E-state index contributed by atoms with van der Waals surface area (Å²) < 4.78 is 2.89. The number of halogens is 1. The van der Waals surface area contributed by atoms with Gasteiger partial charge in [-0.25, -0.2) is 0 Å². The molecule has 0 aliphatic carbocycles. The van der Waals surface area contributed by atoms with Gasteiger partial charge in [-0.1, -0.05) is 58.4 Å². The number of nitrogens with zero attached hydrogens (tertiary/aromatic N) is 2. The SMILES string of the molecule is Cc1nn(C)c(C)c1CCC(=O)N[C@H](c1ccccc1)c1ccc(Br)cc1. The predicted octanol–water partition coefficient (Wildman–Crippen LogP) is 4.64. The third-order valence-corrected chi connectivity index (χ3v) is 5.43. The van der Waals surface area contributed by atoms with Crippen LogP contribution in [0.4, 0.5) is 0 Å². The fourth-order valence-corrected chi connectivity index (χ4v) is 3.58. The number of amides is 1. The Morgan fingerprint density at radius 2 is 1.70 bits per heavy atom. The van der Waals surface area contributed by atoms with Crippen LogP contribution in [0, 0.1) is 13.8 Å². The van der Waals surface area contributed by atoms with Crippen molar-refractivity contribution in [3.05, 3.63) is 87.1 Å². The summed E-state index contributed by atoms with van der Waals surface area (Å²) in [4.78, 5) is 12.7. The molecule has 27 heavy (non-hydrogen) atoms. The van der Waals surface area contributed by atoms with Gasteiger partial charge in [0.05, 0.1) is 11.7 Å². The van der Waals surface area contributed by atoms with E-state index in [9.17, 15) is 4.79 Å². The number of hydrogen-bond donors (Lipinski definition) is 1. The molecule has 4 nitrogen and oxygen atoms in total. The average molecular weight is 426 g/mol. The van der Waals surface area contributed by atoms with Gasteiger partial charge in [-0.3, -0.25) is 9.48 Å². The second-order valence-electron chi connectivity index (χ2n) is 6.74. The minimum Gasteiger partial charge on any atom is -0.345 e. The van der Waals surface area contributed by atoms with Crippen molar-refractivity contribution < 1.29 is 4.79 Å². The lowest BCUT2D eigenvalue weighted by Gasteiger charge is -2.20. The first-order valence-electron chi connectivity index (χ1n) is 9.04. The topological polar surface area (TPSA) is 46.9 Å². The highest BCUT2D eigenvalue weighted by Gasteiger charge is 2.18. The van der Waals surface area contributed by atoms with Crippen molar-refractivity contribution in [3.63, 3.8) is 0 Å². The van der Waals surface area contributed by atoms with Crippen LogP contribution >= 0.6 is 15.9 Å². The van der Waals surface area contributed by atoms with Gasteiger partial charge in [0.2, 0.25) is 5.91 Å². The molecule has 0 fully saturated rings. The van der Waals surface area contributed by atoms with Crippen molar-refractivity contribution in [2.24, 2.45) is 7.05 Å². The van der Waals surface area contributed by atoms with Gasteiger partial charge in [0.15, 0.2) is 0 Å². The molecule has 0 aliphatic rings. The largest absolute Gasteiger partial charge is 0.345 e. The molecule has 0 aliphatic heterocycles. The second-order valence-corrected chi connectivity index (χ2v) is 7.65. The zero-order valence-electron chi connectivity index (χ0n) is 15.9. The molecular formula is C22H24BrN3O. The summed E-state index contributed by atoms with van der Waals surface area (Å²) in [5.41, 5.74) is 5.41. The lowest BCUT2D eigenvalue weighted by Crippen LogP contribution is -2.29. The Hall–Kier alpha value is -2.40. The lowest BCUT2D eigenvalue weighted by atomic mass is 9.98. The first-order valence-corrected chi connectivity index (χ1v) is 9.84. The number of rotatable bonds is 6. The minimum atomic E-state index is -0.164.